The van der Waals surface area contributed by atoms with Crippen molar-refractivity contribution in [2.45, 2.75) is 20.3 Å². The van der Waals surface area contributed by atoms with Gasteiger partial charge in [-0.05, 0) is 44.0 Å². The number of rotatable bonds is 6. The highest BCUT2D eigenvalue weighted by atomic mass is 19.1. The minimum Gasteiger partial charge on any atom is -0.370 e. The second kappa shape index (κ2) is 7.75. The van der Waals surface area contributed by atoms with Crippen LogP contribution in [0.2, 0.25) is 0 Å². The lowest BCUT2D eigenvalue weighted by Crippen LogP contribution is -2.09. The van der Waals surface area contributed by atoms with E-state index in [4.69, 9.17) is 0 Å². The van der Waals surface area contributed by atoms with Gasteiger partial charge in [-0.15, -0.1) is 0 Å². The number of aromatic nitrogens is 2. The largest absolute Gasteiger partial charge is 0.370 e. The summed E-state index contributed by atoms with van der Waals surface area (Å²) in [7, 11) is 0. The molecular weight excluding hydrogens is 315 g/mol. The van der Waals surface area contributed by atoms with Crippen LogP contribution in [0.15, 0.2) is 54.6 Å². The summed E-state index contributed by atoms with van der Waals surface area (Å²) in [6.45, 7) is 4.50. The summed E-state index contributed by atoms with van der Waals surface area (Å²) in [4.78, 5) is 8.80. The number of aryl methyl sites for hydroxylation is 2. The van der Waals surface area contributed by atoms with Crippen LogP contribution in [-0.2, 0) is 6.42 Å². The van der Waals surface area contributed by atoms with Gasteiger partial charge in [-0.1, -0.05) is 35.9 Å². The Bertz CT molecular complexity index is 847. The molecule has 1 aromatic heterocycles. The van der Waals surface area contributed by atoms with Crippen LogP contribution in [0.25, 0.3) is 0 Å². The molecule has 0 aliphatic rings. The van der Waals surface area contributed by atoms with E-state index < -0.39 is 0 Å². The van der Waals surface area contributed by atoms with E-state index in [9.17, 15) is 4.39 Å². The van der Waals surface area contributed by atoms with Crippen molar-refractivity contribution in [3.05, 3.63) is 77.4 Å². The molecule has 2 N–H and O–H groups in total. The summed E-state index contributed by atoms with van der Waals surface area (Å²) in [6.07, 6.45) is 0.594. The average molecular weight is 336 g/mol. The first-order valence-corrected chi connectivity index (χ1v) is 8.27. The van der Waals surface area contributed by atoms with E-state index in [0.29, 0.717) is 24.4 Å². The number of nitrogens with zero attached hydrogens (tertiary/aromatic N) is 2. The summed E-state index contributed by atoms with van der Waals surface area (Å²) >= 11 is 0. The fourth-order valence-corrected chi connectivity index (χ4v) is 2.53. The minimum absolute atomic E-state index is 0.176. The van der Waals surface area contributed by atoms with Crippen LogP contribution in [-0.4, -0.2) is 16.5 Å². The van der Waals surface area contributed by atoms with Crippen molar-refractivity contribution in [2.24, 2.45) is 0 Å². The summed E-state index contributed by atoms with van der Waals surface area (Å²) < 4.78 is 13.7. The average Bonchev–Trinajstić information content (AvgIpc) is 2.58. The van der Waals surface area contributed by atoms with Crippen LogP contribution in [0.5, 0.6) is 0 Å². The Morgan fingerprint density at radius 2 is 1.64 bits per heavy atom. The fraction of sp³-hybridized carbons (Fsp3) is 0.200. The molecule has 0 bridgehead atoms. The Labute approximate surface area is 147 Å². The van der Waals surface area contributed by atoms with E-state index in [2.05, 4.69) is 27.5 Å². The predicted octanol–water partition coefficient (Wildman–Crippen LogP) is 4.63. The SMILES string of the molecule is Cc1ccc(Nc2cc(NCCc3ccccc3F)nc(C)n2)cc1. The summed E-state index contributed by atoms with van der Waals surface area (Å²) in [6, 6.07) is 16.8. The van der Waals surface area contributed by atoms with E-state index in [1.54, 1.807) is 12.1 Å². The topological polar surface area (TPSA) is 49.8 Å². The molecule has 0 atom stereocenters. The molecule has 0 aliphatic carbocycles. The van der Waals surface area contributed by atoms with E-state index in [1.165, 1.54) is 11.6 Å². The van der Waals surface area contributed by atoms with Gasteiger partial charge >= 0.3 is 0 Å². The maximum Gasteiger partial charge on any atom is 0.136 e. The zero-order valence-corrected chi connectivity index (χ0v) is 14.4. The van der Waals surface area contributed by atoms with Gasteiger partial charge in [0.25, 0.3) is 0 Å². The molecule has 25 heavy (non-hydrogen) atoms. The first-order valence-electron chi connectivity index (χ1n) is 8.27. The van der Waals surface area contributed by atoms with Crippen molar-refractivity contribution in [1.29, 1.82) is 0 Å². The predicted molar refractivity (Wildman–Crippen MR) is 99.8 cm³/mol. The van der Waals surface area contributed by atoms with Crippen LogP contribution < -0.4 is 10.6 Å². The third-order valence-corrected chi connectivity index (χ3v) is 3.82. The molecule has 0 saturated carbocycles. The van der Waals surface area contributed by atoms with Crippen molar-refractivity contribution in [1.82, 2.24) is 9.97 Å². The third-order valence-electron chi connectivity index (χ3n) is 3.82. The van der Waals surface area contributed by atoms with E-state index in [1.807, 2.05) is 43.3 Å². The highest BCUT2D eigenvalue weighted by molar-refractivity contribution is 5.59. The monoisotopic (exact) mass is 336 g/mol. The molecule has 0 aliphatic heterocycles. The Balaban J connectivity index is 1.65. The van der Waals surface area contributed by atoms with Crippen LogP contribution in [0.3, 0.4) is 0 Å². The van der Waals surface area contributed by atoms with Crippen molar-refractivity contribution in [3.8, 4) is 0 Å². The molecule has 0 spiro atoms. The van der Waals surface area contributed by atoms with E-state index in [-0.39, 0.29) is 5.82 Å². The molecular formula is C20H21FN4. The summed E-state index contributed by atoms with van der Waals surface area (Å²) in [5.74, 6) is 1.94. The quantitative estimate of drug-likeness (QED) is 0.689. The van der Waals surface area contributed by atoms with Crippen molar-refractivity contribution >= 4 is 17.3 Å². The second-order valence-corrected chi connectivity index (χ2v) is 5.94. The fourth-order valence-electron chi connectivity index (χ4n) is 2.53. The van der Waals surface area contributed by atoms with E-state index >= 15 is 0 Å². The molecule has 5 heteroatoms. The number of anilines is 3. The first kappa shape index (κ1) is 16.9. The maximum atomic E-state index is 13.7. The molecule has 3 rings (SSSR count). The number of benzene rings is 2. The van der Waals surface area contributed by atoms with Crippen molar-refractivity contribution < 1.29 is 4.39 Å². The van der Waals surface area contributed by atoms with E-state index in [0.717, 1.165) is 17.3 Å². The molecule has 2 aromatic carbocycles. The number of nitrogens with one attached hydrogen (secondary N) is 2. The zero-order valence-electron chi connectivity index (χ0n) is 14.4. The van der Waals surface area contributed by atoms with Crippen molar-refractivity contribution in [3.63, 3.8) is 0 Å². The van der Waals surface area contributed by atoms with Crippen LogP contribution in [0.4, 0.5) is 21.7 Å². The Morgan fingerprint density at radius 3 is 2.40 bits per heavy atom. The van der Waals surface area contributed by atoms with Gasteiger partial charge in [0.15, 0.2) is 0 Å². The van der Waals surface area contributed by atoms with Crippen molar-refractivity contribution in [2.75, 3.05) is 17.2 Å². The Kier molecular flexibility index (Phi) is 5.23. The molecule has 4 nitrogen and oxygen atoms in total. The molecule has 0 fully saturated rings. The van der Waals surface area contributed by atoms with Gasteiger partial charge in [-0.3, -0.25) is 0 Å². The highest BCUT2D eigenvalue weighted by Crippen LogP contribution is 2.18. The van der Waals surface area contributed by atoms with Gasteiger partial charge < -0.3 is 10.6 Å². The Morgan fingerprint density at radius 1 is 0.920 bits per heavy atom. The molecule has 1 heterocycles. The zero-order chi connectivity index (χ0) is 17.6. The van der Waals surface area contributed by atoms with Crippen LogP contribution in [0.1, 0.15) is 17.0 Å². The van der Waals surface area contributed by atoms with Gasteiger partial charge in [-0.25, -0.2) is 14.4 Å². The van der Waals surface area contributed by atoms with Gasteiger partial charge in [0.2, 0.25) is 0 Å². The minimum atomic E-state index is -0.176. The highest BCUT2D eigenvalue weighted by Gasteiger charge is 2.04. The normalized spacial score (nSPS) is 10.5. The van der Waals surface area contributed by atoms with Gasteiger partial charge in [0.1, 0.15) is 23.3 Å². The van der Waals surface area contributed by atoms with Crippen LogP contribution in [0, 0.1) is 19.7 Å². The smallest absolute Gasteiger partial charge is 0.136 e. The third kappa shape index (κ3) is 4.76. The molecule has 0 unspecified atom stereocenters. The lowest BCUT2D eigenvalue weighted by Gasteiger charge is -2.11. The lowest BCUT2D eigenvalue weighted by atomic mass is 10.1. The first-order chi connectivity index (χ1) is 12.1. The number of halogens is 1. The molecule has 0 radical (unpaired) electrons. The maximum absolute atomic E-state index is 13.7. The van der Waals surface area contributed by atoms with Crippen LogP contribution >= 0.6 is 0 Å². The molecule has 0 amide bonds. The van der Waals surface area contributed by atoms with Gasteiger partial charge in [0, 0.05) is 18.3 Å². The van der Waals surface area contributed by atoms with Gasteiger partial charge in [-0.2, -0.15) is 0 Å². The second-order valence-electron chi connectivity index (χ2n) is 5.94. The summed E-state index contributed by atoms with van der Waals surface area (Å²) in [5, 5.41) is 6.52. The number of hydrogen-bond donors (Lipinski definition) is 2. The Hall–Kier alpha value is -2.95. The molecule has 3 aromatic rings. The number of hydrogen-bond acceptors (Lipinski definition) is 4. The summed E-state index contributed by atoms with van der Waals surface area (Å²) in [5.41, 5.74) is 2.87. The molecule has 0 saturated heterocycles. The standard InChI is InChI=1S/C20H21FN4/c1-14-7-9-17(10-8-14)25-20-13-19(23-15(2)24-20)22-12-11-16-5-3-4-6-18(16)21/h3-10,13H,11-12H2,1-2H3,(H2,22,23,24,25). The van der Waals surface area contributed by atoms with Gasteiger partial charge in [0.05, 0.1) is 0 Å². The molecule has 128 valence electrons. The lowest BCUT2D eigenvalue weighted by molar-refractivity contribution is 0.610.